The number of thioether (sulfide) groups is 1. The Labute approximate surface area is 106 Å². The van der Waals surface area contributed by atoms with Gasteiger partial charge in [0.2, 0.25) is 0 Å². The molecule has 2 rings (SSSR count). The van der Waals surface area contributed by atoms with Gasteiger partial charge >= 0.3 is 5.69 Å². The smallest absolute Gasteiger partial charge is 0.273 e. The van der Waals surface area contributed by atoms with E-state index in [9.17, 15) is 9.18 Å². The summed E-state index contributed by atoms with van der Waals surface area (Å²) in [5.74, 6) is -0.0222. The lowest BCUT2D eigenvalue weighted by molar-refractivity contribution is 0.623. The summed E-state index contributed by atoms with van der Waals surface area (Å²) < 4.78 is 14.5. The first-order valence-corrected chi connectivity index (χ1v) is 6.03. The van der Waals surface area contributed by atoms with Crippen LogP contribution in [0.25, 0.3) is 0 Å². The number of aromatic nitrogens is 3. The average molecular weight is 264 g/mol. The van der Waals surface area contributed by atoms with E-state index in [-0.39, 0.29) is 11.3 Å². The van der Waals surface area contributed by atoms with Gasteiger partial charge in [-0.1, -0.05) is 17.8 Å². The van der Waals surface area contributed by atoms with E-state index >= 15 is 0 Å². The van der Waals surface area contributed by atoms with Gasteiger partial charge in [-0.3, -0.25) is 4.57 Å². The van der Waals surface area contributed by atoms with Gasteiger partial charge in [0.25, 0.3) is 0 Å². The number of rotatable bonds is 3. The normalized spacial score (nSPS) is 10.3. The Bertz CT molecular complexity index is 670. The lowest BCUT2D eigenvalue weighted by Crippen LogP contribution is -2.12. The fourth-order valence-electron chi connectivity index (χ4n) is 1.36. The fourth-order valence-corrected chi connectivity index (χ4v) is 2.22. The van der Waals surface area contributed by atoms with Crippen LogP contribution in [-0.4, -0.2) is 14.8 Å². The Kier molecular flexibility index (Phi) is 3.48. The molecule has 92 valence electrons. The van der Waals surface area contributed by atoms with Crippen molar-refractivity contribution in [2.45, 2.75) is 10.9 Å². The van der Waals surface area contributed by atoms with E-state index in [0.29, 0.717) is 10.9 Å². The van der Waals surface area contributed by atoms with Gasteiger partial charge in [-0.2, -0.15) is 5.26 Å². The number of hydrogen-bond acceptors (Lipinski definition) is 4. The van der Waals surface area contributed by atoms with Gasteiger partial charge in [0.1, 0.15) is 11.9 Å². The molecule has 0 bridgehead atoms. The summed E-state index contributed by atoms with van der Waals surface area (Å²) in [4.78, 5) is 11.1. The van der Waals surface area contributed by atoms with Crippen molar-refractivity contribution in [2.75, 3.05) is 0 Å². The molecule has 1 aromatic carbocycles. The maximum absolute atomic E-state index is 13.1. The zero-order chi connectivity index (χ0) is 13.1. The second kappa shape index (κ2) is 5.06. The third-order valence-electron chi connectivity index (χ3n) is 2.36. The summed E-state index contributed by atoms with van der Waals surface area (Å²) in [5, 5.41) is 15.4. The highest BCUT2D eigenvalue weighted by Crippen LogP contribution is 2.20. The highest BCUT2D eigenvalue weighted by atomic mass is 32.2. The maximum Gasteiger partial charge on any atom is 0.343 e. The molecule has 18 heavy (non-hydrogen) atoms. The largest absolute Gasteiger partial charge is 0.343 e. The van der Waals surface area contributed by atoms with E-state index in [2.05, 4.69) is 10.2 Å². The van der Waals surface area contributed by atoms with Crippen molar-refractivity contribution >= 4 is 11.8 Å². The van der Waals surface area contributed by atoms with Gasteiger partial charge in [-0.05, 0) is 17.7 Å². The molecule has 0 atom stereocenters. The maximum atomic E-state index is 13.1. The van der Waals surface area contributed by atoms with Gasteiger partial charge in [0.05, 0.1) is 5.56 Å². The summed E-state index contributed by atoms with van der Waals surface area (Å²) in [6.45, 7) is 0. The van der Waals surface area contributed by atoms with Crippen molar-refractivity contribution in [2.24, 2.45) is 7.05 Å². The van der Waals surface area contributed by atoms with Gasteiger partial charge in [-0.15, -0.1) is 5.10 Å². The Morgan fingerprint density at radius 1 is 1.61 bits per heavy atom. The molecule has 7 heteroatoms. The molecule has 0 aliphatic rings. The topological polar surface area (TPSA) is 74.5 Å². The van der Waals surface area contributed by atoms with Crippen LogP contribution in [0.1, 0.15) is 11.1 Å². The molecule has 0 aliphatic carbocycles. The number of nitrogens with one attached hydrogen (secondary N) is 1. The lowest BCUT2D eigenvalue weighted by atomic mass is 10.1. The van der Waals surface area contributed by atoms with E-state index in [0.717, 1.165) is 5.56 Å². The van der Waals surface area contributed by atoms with Gasteiger partial charge in [0.15, 0.2) is 5.16 Å². The van der Waals surface area contributed by atoms with Crippen LogP contribution < -0.4 is 5.69 Å². The van der Waals surface area contributed by atoms with Crippen molar-refractivity contribution < 1.29 is 4.39 Å². The number of nitrogens with zero attached hydrogens (tertiary/aromatic N) is 3. The molecule has 2 aromatic rings. The molecular weight excluding hydrogens is 255 g/mol. The predicted octanol–water partition coefficient (Wildman–Crippen LogP) is 1.41. The number of hydrogen-bond donors (Lipinski definition) is 1. The Morgan fingerprint density at radius 2 is 2.39 bits per heavy atom. The first kappa shape index (κ1) is 12.4. The fraction of sp³-hybridized carbons (Fsp3) is 0.182. The molecule has 0 spiro atoms. The summed E-state index contributed by atoms with van der Waals surface area (Å²) in [6, 6.07) is 6.15. The molecule has 0 radical (unpaired) electrons. The summed E-state index contributed by atoms with van der Waals surface area (Å²) >= 11 is 1.33. The van der Waals surface area contributed by atoms with Crippen molar-refractivity contribution in [3.8, 4) is 6.07 Å². The van der Waals surface area contributed by atoms with E-state index in [4.69, 9.17) is 5.26 Å². The average Bonchev–Trinajstić information content (AvgIpc) is 2.69. The Hall–Kier alpha value is -2.07. The Balaban J connectivity index is 2.14. The SMILES string of the molecule is Cn1c(SCc2ccc(F)c(C#N)c2)n[nH]c1=O. The summed E-state index contributed by atoms with van der Waals surface area (Å²) in [6.07, 6.45) is 0. The molecule has 0 unspecified atom stereocenters. The standard InChI is InChI=1S/C11H9FN4OS/c1-16-10(17)14-15-11(16)18-6-7-2-3-9(12)8(4-7)5-13/h2-4H,6H2,1H3,(H,14,17). The van der Waals surface area contributed by atoms with Crippen LogP contribution in [0.4, 0.5) is 4.39 Å². The van der Waals surface area contributed by atoms with Crippen LogP contribution in [0.5, 0.6) is 0 Å². The van der Waals surface area contributed by atoms with Crippen molar-refractivity contribution in [3.05, 3.63) is 45.6 Å². The van der Waals surface area contributed by atoms with Crippen LogP contribution in [-0.2, 0) is 12.8 Å². The minimum atomic E-state index is -0.529. The monoisotopic (exact) mass is 264 g/mol. The van der Waals surface area contributed by atoms with Crippen molar-refractivity contribution in [3.63, 3.8) is 0 Å². The molecule has 0 fully saturated rings. The Morgan fingerprint density at radius 3 is 3.00 bits per heavy atom. The number of benzene rings is 1. The van der Waals surface area contributed by atoms with E-state index < -0.39 is 5.82 Å². The van der Waals surface area contributed by atoms with Crippen LogP contribution in [0, 0.1) is 17.1 Å². The first-order valence-electron chi connectivity index (χ1n) is 5.04. The van der Waals surface area contributed by atoms with Crippen LogP contribution in [0.3, 0.4) is 0 Å². The zero-order valence-corrected chi connectivity index (χ0v) is 10.3. The highest BCUT2D eigenvalue weighted by molar-refractivity contribution is 7.98. The quantitative estimate of drug-likeness (QED) is 0.851. The molecule has 0 saturated heterocycles. The number of H-pyrrole nitrogens is 1. The van der Waals surface area contributed by atoms with E-state index in [1.807, 2.05) is 0 Å². The summed E-state index contributed by atoms with van der Waals surface area (Å²) in [5.41, 5.74) is 0.534. The third-order valence-corrected chi connectivity index (χ3v) is 3.46. The molecule has 5 nitrogen and oxygen atoms in total. The second-order valence-electron chi connectivity index (χ2n) is 3.59. The zero-order valence-electron chi connectivity index (χ0n) is 9.48. The second-order valence-corrected chi connectivity index (χ2v) is 4.53. The van der Waals surface area contributed by atoms with Gasteiger partial charge in [-0.25, -0.2) is 14.3 Å². The minimum Gasteiger partial charge on any atom is -0.273 e. The number of nitriles is 1. The molecule has 0 amide bonds. The number of halogens is 1. The number of aromatic amines is 1. The van der Waals surface area contributed by atoms with Gasteiger partial charge in [0, 0.05) is 12.8 Å². The van der Waals surface area contributed by atoms with Crippen LogP contribution >= 0.6 is 11.8 Å². The molecular formula is C11H9FN4OS. The first-order chi connectivity index (χ1) is 8.61. The minimum absolute atomic E-state index is 0.0176. The summed E-state index contributed by atoms with van der Waals surface area (Å²) in [7, 11) is 1.61. The predicted molar refractivity (Wildman–Crippen MR) is 64.5 cm³/mol. The van der Waals surface area contributed by atoms with E-state index in [1.54, 1.807) is 19.2 Å². The highest BCUT2D eigenvalue weighted by Gasteiger charge is 2.07. The molecule has 0 saturated carbocycles. The van der Waals surface area contributed by atoms with Crippen molar-refractivity contribution in [1.82, 2.24) is 14.8 Å². The molecule has 0 aliphatic heterocycles. The van der Waals surface area contributed by atoms with E-state index in [1.165, 1.54) is 28.5 Å². The third kappa shape index (κ3) is 2.43. The van der Waals surface area contributed by atoms with Crippen LogP contribution in [0.15, 0.2) is 28.2 Å². The van der Waals surface area contributed by atoms with Crippen molar-refractivity contribution in [1.29, 1.82) is 5.26 Å². The van der Waals surface area contributed by atoms with Gasteiger partial charge < -0.3 is 0 Å². The van der Waals surface area contributed by atoms with Crippen LogP contribution in [0.2, 0.25) is 0 Å². The lowest BCUT2D eigenvalue weighted by Gasteiger charge is -2.02. The molecule has 1 aromatic heterocycles. The molecule has 1 N–H and O–H groups in total. The molecule has 1 heterocycles.